The molecule has 0 amide bonds. The fourth-order valence-electron chi connectivity index (χ4n) is 2.52. The van der Waals surface area contributed by atoms with Gasteiger partial charge >= 0.3 is 0 Å². The molecule has 0 spiro atoms. The van der Waals surface area contributed by atoms with Gasteiger partial charge in [-0.15, -0.1) is 0 Å². The number of hydrogen-bond donors (Lipinski definition) is 2. The van der Waals surface area contributed by atoms with E-state index < -0.39 is 6.10 Å². The van der Waals surface area contributed by atoms with Crippen molar-refractivity contribution in [3.8, 4) is 0 Å². The summed E-state index contributed by atoms with van der Waals surface area (Å²) in [6.45, 7) is 5.30. The summed E-state index contributed by atoms with van der Waals surface area (Å²) in [4.78, 5) is 4.43. The fourth-order valence-corrected chi connectivity index (χ4v) is 2.52. The highest BCUT2D eigenvalue weighted by atomic mass is 16.3. The topological polar surface area (TPSA) is 45.1 Å². The van der Waals surface area contributed by atoms with Crippen molar-refractivity contribution in [2.24, 2.45) is 0 Å². The van der Waals surface area contributed by atoms with E-state index in [1.54, 1.807) is 0 Å². The maximum Gasteiger partial charge on any atom is 0.121 e. The Morgan fingerprint density at radius 1 is 1.26 bits per heavy atom. The molecule has 2 N–H and O–H groups in total. The van der Waals surface area contributed by atoms with Crippen molar-refractivity contribution in [3.63, 3.8) is 0 Å². The van der Waals surface area contributed by atoms with Crippen LogP contribution in [0.4, 0.5) is 5.69 Å². The number of aliphatic hydroxyl groups excluding tert-OH is 1. The minimum Gasteiger partial charge on any atom is -0.384 e. The summed E-state index contributed by atoms with van der Waals surface area (Å²) in [5.41, 5.74) is 3.97. The third kappa shape index (κ3) is 2.10. The Bertz CT molecular complexity index is 593. The molecule has 0 saturated heterocycles. The van der Waals surface area contributed by atoms with Crippen molar-refractivity contribution in [1.29, 1.82) is 0 Å². The van der Waals surface area contributed by atoms with Gasteiger partial charge in [-0.05, 0) is 11.6 Å². The Morgan fingerprint density at radius 2 is 2.00 bits per heavy atom. The molecule has 2 heterocycles. The minimum absolute atomic E-state index is 0.110. The van der Waals surface area contributed by atoms with Gasteiger partial charge < -0.3 is 10.4 Å². The monoisotopic (exact) mass is 254 g/mol. The average Bonchev–Trinajstić information content (AvgIpc) is 2.74. The molecule has 0 radical (unpaired) electrons. The molecule has 0 fully saturated rings. The molecular weight excluding hydrogens is 236 g/mol. The van der Waals surface area contributed by atoms with Gasteiger partial charge in [-0.25, -0.2) is 0 Å². The lowest BCUT2D eigenvalue weighted by Gasteiger charge is -2.17. The van der Waals surface area contributed by atoms with Crippen LogP contribution in [-0.2, 0) is 5.41 Å². The van der Waals surface area contributed by atoms with E-state index in [9.17, 15) is 5.11 Å². The van der Waals surface area contributed by atoms with Crippen LogP contribution in [0.15, 0.2) is 42.6 Å². The number of nitrogens with one attached hydrogen (secondary N) is 1. The van der Waals surface area contributed by atoms with Crippen LogP contribution < -0.4 is 5.32 Å². The maximum atomic E-state index is 10.4. The van der Waals surface area contributed by atoms with Crippen molar-refractivity contribution in [3.05, 3.63) is 59.4 Å². The van der Waals surface area contributed by atoms with Crippen molar-refractivity contribution >= 4 is 5.69 Å². The van der Waals surface area contributed by atoms with Crippen LogP contribution in [0, 0.1) is 0 Å². The number of aromatic nitrogens is 1. The summed E-state index contributed by atoms with van der Waals surface area (Å²) in [7, 11) is 0. The first kappa shape index (κ1) is 12.2. The molecule has 0 bridgehead atoms. The number of pyridine rings is 1. The van der Waals surface area contributed by atoms with Gasteiger partial charge in [-0.2, -0.15) is 0 Å². The molecule has 3 heteroatoms. The summed E-state index contributed by atoms with van der Waals surface area (Å²) < 4.78 is 0. The Kier molecular flexibility index (Phi) is 2.79. The van der Waals surface area contributed by atoms with Crippen molar-refractivity contribution in [2.75, 3.05) is 11.9 Å². The van der Waals surface area contributed by atoms with Gasteiger partial charge in [0, 0.05) is 29.4 Å². The van der Waals surface area contributed by atoms with E-state index in [1.165, 1.54) is 5.56 Å². The first-order valence-corrected chi connectivity index (χ1v) is 6.55. The average molecular weight is 254 g/mol. The molecule has 1 aromatic carbocycles. The lowest BCUT2D eigenvalue weighted by atomic mass is 9.88. The Labute approximate surface area is 113 Å². The smallest absolute Gasteiger partial charge is 0.121 e. The predicted octanol–water partition coefficient (Wildman–Crippen LogP) is 2.87. The summed E-state index contributed by atoms with van der Waals surface area (Å²) >= 11 is 0. The highest BCUT2D eigenvalue weighted by Crippen LogP contribution is 2.37. The summed E-state index contributed by atoms with van der Waals surface area (Å²) in [6, 6.07) is 11.6. The molecule has 0 saturated carbocycles. The maximum absolute atomic E-state index is 10.4. The number of fused-ring (bicyclic) bond motifs is 1. The van der Waals surface area contributed by atoms with E-state index in [1.807, 2.05) is 42.6 Å². The van der Waals surface area contributed by atoms with E-state index in [4.69, 9.17) is 0 Å². The number of rotatable bonds is 2. The Hall–Kier alpha value is -1.87. The van der Waals surface area contributed by atoms with Crippen LogP contribution in [0.1, 0.15) is 36.8 Å². The lowest BCUT2D eigenvalue weighted by Crippen LogP contribution is -2.19. The zero-order valence-electron chi connectivity index (χ0n) is 11.2. The van der Waals surface area contributed by atoms with Crippen molar-refractivity contribution in [2.45, 2.75) is 25.4 Å². The molecule has 1 atom stereocenters. The van der Waals surface area contributed by atoms with Gasteiger partial charge in [0.05, 0.1) is 5.69 Å². The normalized spacial score (nSPS) is 17.6. The molecule has 0 aliphatic carbocycles. The number of nitrogens with zero attached hydrogens (tertiary/aromatic N) is 1. The van der Waals surface area contributed by atoms with Crippen LogP contribution in [-0.4, -0.2) is 16.6 Å². The molecule has 3 nitrogen and oxygen atoms in total. The first-order chi connectivity index (χ1) is 9.08. The quantitative estimate of drug-likeness (QED) is 0.866. The fraction of sp³-hybridized carbons (Fsp3) is 0.312. The van der Waals surface area contributed by atoms with Crippen LogP contribution in [0.25, 0.3) is 0 Å². The highest BCUT2D eigenvalue weighted by molar-refractivity contribution is 5.60. The van der Waals surface area contributed by atoms with Crippen LogP contribution >= 0.6 is 0 Å². The Morgan fingerprint density at radius 3 is 2.74 bits per heavy atom. The Balaban J connectivity index is 1.96. The molecular formula is C16H18N2O. The van der Waals surface area contributed by atoms with E-state index in [0.717, 1.165) is 17.8 Å². The van der Waals surface area contributed by atoms with Gasteiger partial charge in [0.15, 0.2) is 0 Å². The largest absolute Gasteiger partial charge is 0.384 e. The van der Waals surface area contributed by atoms with Gasteiger partial charge in [0.2, 0.25) is 0 Å². The summed E-state index contributed by atoms with van der Waals surface area (Å²) in [5, 5.41) is 13.7. The second kappa shape index (κ2) is 4.35. The molecule has 3 rings (SSSR count). The highest BCUT2D eigenvalue weighted by Gasteiger charge is 2.30. The zero-order valence-corrected chi connectivity index (χ0v) is 11.2. The standard InChI is InChI=1S/C16H18N2O/c1-16(2)10-18-13-8-14(17-9-12(13)16)15(19)11-6-4-3-5-7-11/h3-9,15,18-19H,10H2,1-2H3. The van der Waals surface area contributed by atoms with E-state index in [0.29, 0.717) is 5.69 Å². The predicted molar refractivity (Wildman–Crippen MR) is 76.3 cm³/mol. The van der Waals surface area contributed by atoms with Gasteiger partial charge in [-0.1, -0.05) is 44.2 Å². The van der Waals surface area contributed by atoms with E-state index >= 15 is 0 Å². The number of hydrogen-bond acceptors (Lipinski definition) is 3. The van der Waals surface area contributed by atoms with Crippen LogP contribution in [0.5, 0.6) is 0 Å². The zero-order chi connectivity index (χ0) is 13.5. The van der Waals surface area contributed by atoms with Crippen LogP contribution in [0.2, 0.25) is 0 Å². The van der Waals surface area contributed by atoms with E-state index in [2.05, 4.69) is 24.1 Å². The number of anilines is 1. The SMILES string of the molecule is CC1(C)CNc2cc(C(O)c3ccccc3)ncc21. The van der Waals surface area contributed by atoms with Crippen molar-refractivity contribution < 1.29 is 5.11 Å². The molecule has 1 aliphatic heterocycles. The van der Waals surface area contributed by atoms with Crippen molar-refractivity contribution in [1.82, 2.24) is 4.98 Å². The second-order valence-corrected chi connectivity index (χ2v) is 5.71. The molecule has 19 heavy (non-hydrogen) atoms. The lowest BCUT2D eigenvalue weighted by molar-refractivity contribution is 0.215. The first-order valence-electron chi connectivity index (χ1n) is 6.55. The van der Waals surface area contributed by atoms with Gasteiger partial charge in [0.25, 0.3) is 0 Å². The van der Waals surface area contributed by atoms with Gasteiger partial charge in [0.1, 0.15) is 6.10 Å². The van der Waals surface area contributed by atoms with Gasteiger partial charge in [-0.3, -0.25) is 4.98 Å². The second-order valence-electron chi connectivity index (χ2n) is 5.71. The molecule has 1 aliphatic rings. The third-order valence-electron chi connectivity index (χ3n) is 3.77. The molecule has 1 aromatic heterocycles. The summed E-state index contributed by atoms with van der Waals surface area (Å²) in [6.07, 6.45) is 1.22. The number of benzene rings is 1. The van der Waals surface area contributed by atoms with Crippen LogP contribution in [0.3, 0.4) is 0 Å². The van der Waals surface area contributed by atoms with E-state index in [-0.39, 0.29) is 5.41 Å². The molecule has 1 unspecified atom stereocenters. The molecule has 2 aromatic rings. The number of aliphatic hydroxyl groups is 1. The molecule has 98 valence electrons. The summed E-state index contributed by atoms with van der Waals surface area (Å²) in [5.74, 6) is 0. The third-order valence-corrected chi connectivity index (χ3v) is 3.77. The minimum atomic E-state index is -0.669.